The lowest BCUT2D eigenvalue weighted by Gasteiger charge is -2.33. The van der Waals surface area contributed by atoms with Crippen molar-refractivity contribution in [2.75, 3.05) is 13.1 Å². The van der Waals surface area contributed by atoms with E-state index in [0.717, 1.165) is 48.0 Å². The first kappa shape index (κ1) is 21.5. The lowest BCUT2D eigenvalue weighted by molar-refractivity contribution is 0.177. The number of aromatic amines is 1. The SMILES string of the molecule is Cc1cc2cc([C@H](c3nnnn3Cc3ccc(F)cc3)N3CCCCC3)c(=O)[nH]c2cc1C. The van der Waals surface area contributed by atoms with E-state index in [0.29, 0.717) is 17.9 Å². The first-order chi connectivity index (χ1) is 16.0. The molecule has 2 aromatic carbocycles. The standard InChI is InChI=1S/C25H27FN6O/c1-16-12-19-14-21(25(33)27-22(19)13-17(16)2)23(31-10-4-3-5-11-31)24-28-29-30-32(24)15-18-6-8-20(26)9-7-18/h6-9,12-14,23H,3-5,10-11,15H2,1-2H3,(H,27,33)/t23-/m1/s1. The molecule has 0 aliphatic carbocycles. The van der Waals surface area contributed by atoms with Gasteiger partial charge in [0.2, 0.25) is 0 Å². The summed E-state index contributed by atoms with van der Waals surface area (Å²) in [6.07, 6.45) is 3.32. The number of aromatic nitrogens is 5. The highest BCUT2D eigenvalue weighted by molar-refractivity contribution is 5.81. The largest absolute Gasteiger partial charge is 0.322 e. The molecule has 4 aromatic rings. The van der Waals surface area contributed by atoms with E-state index < -0.39 is 0 Å². The summed E-state index contributed by atoms with van der Waals surface area (Å²) in [5.74, 6) is 0.338. The van der Waals surface area contributed by atoms with Gasteiger partial charge in [-0.25, -0.2) is 9.07 Å². The van der Waals surface area contributed by atoms with Gasteiger partial charge < -0.3 is 4.98 Å². The van der Waals surface area contributed by atoms with Crippen LogP contribution in [0, 0.1) is 19.7 Å². The van der Waals surface area contributed by atoms with Crippen molar-refractivity contribution in [3.8, 4) is 0 Å². The zero-order valence-corrected chi connectivity index (χ0v) is 18.9. The Morgan fingerprint density at radius 1 is 1.03 bits per heavy atom. The summed E-state index contributed by atoms with van der Waals surface area (Å²) in [7, 11) is 0. The lowest BCUT2D eigenvalue weighted by Crippen LogP contribution is -2.38. The minimum Gasteiger partial charge on any atom is -0.322 e. The van der Waals surface area contributed by atoms with E-state index in [2.05, 4.69) is 38.4 Å². The molecule has 0 radical (unpaired) electrons. The molecule has 1 aliphatic heterocycles. The highest BCUT2D eigenvalue weighted by Gasteiger charge is 2.31. The minimum atomic E-state index is -0.365. The predicted octanol–water partition coefficient (Wildman–Crippen LogP) is 3.89. The lowest BCUT2D eigenvalue weighted by atomic mass is 9.99. The maximum absolute atomic E-state index is 13.4. The van der Waals surface area contributed by atoms with Gasteiger partial charge in [0.05, 0.1) is 6.54 Å². The van der Waals surface area contributed by atoms with Crippen LogP contribution in [0.3, 0.4) is 0 Å². The monoisotopic (exact) mass is 446 g/mol. The number of likely N-dealkylation sites (tertiary alicyclic amines) is 1. The van der Waals surface area contributed by atoms with Crippen molar-refractivity contribution in [1.82, 2.24) is 30.1 Å². The number of fused-ring (bicyclic) bond motifs is 1. The number of hydrogen-bond acceptors (Lipinski definition) is 5. The van der Waals surface area contributed by atoms with Crippen LogP contribution in [0.2, 0.25) is 0 Å². The summed E-state index contributed by atoms with van der Waals surface area (Å²) in [5, 5.41) is 13.5. The highest BCUT2D eigenvalue weighted by Crippen LogP contribution is 2.30. The van der Waals surface area contributed by atoms with E-state index in [1.54, 1.807) is 16.8 Å². The molecule has 0 unspecified atom stereocenters. The van der Waals surface area contributed by atoms with Gasteiger partial charge in [0.1, 0.15) is 11.9 Å². The Morgan fingerprint density at radius 3 is 2.52 bits per heavy atom. The fourth-order valence-electron chi connectivity index (χ4n) is 4.66. The van der Waals surface area contributed by atoms with Crippen LogP contribution in [0.25, 0.3) is 10.9 Å². The third kappa shape index (κ3) is 4.30. The molecule has 1 fully saturated rings. The summed E-state index contributed by atoms with van der Waals surface area (Å²) in [5.41, 5.74) is 4.55. The van der Waals surface area contributed by atoms with Gasteiger partial charge in [0, 0.05) is 11.1 Å². The summed E-state index contributed by atoms with van der Waals surface area (Å²) in [6.45, 7) is 6.26. The smallest absolute Gasteiger partial charge is 0.253 e. The normalized spacial score (nSPS) is 15.7. The van der Waals surface area contributed by atoms with E-state index in [1.807, 2.05) is 19.1 Å². The Labute approximate surface area is 191 Å². The van der Waals surface area contributed by atoms with Gasteiger partial charge in [-0.3, -0.25) is 9.69 Å². The molecular weight excluding hydrogens is 419 g/mol. The van der Waals surface area contributed by atoms with Gasteiger partial charge in [0.15, 0.2) is 5.82 Å². The highest BCUT2D eigenvalue weighted by atomic mass is 19.1. The number of nitrogens with zero attached hydrogens (tertiary/aromatic N) is 5. The Morgan fingerprint density at radius 2 is 1.76 bits per heavy atom. The molecule has 3 heterocycles. The molecule has 33 heavy (non-hydrogen) atoms. The number of nitrogens with one attached hydrogen (secondary N) is 1. The van der Waals surface area contributed by atoms with Crippen molar-refractivity contribution in [2.45, 2.75) is 45.7 Å². The van der Waals surface area contributed by atoms with Gasteiger partial charge in [-0.2, -0.15) is 0 Å². The average Bonchev–Trinajstić information content (AvgIpc) is 3.26. The van der Waals surface area contributed by atoms with E-state index in [9.17, 15) is 9.18 Å². The zero-order valence-electron chi connectivity index (χ0n) is 18.9. The molecule has 1 N–H and O–H groups in total. The summed E-state index contributed by atoms with van der Waals surface area (Å²) < 4.78 is 15.1. The van der Waals surface area contributed by atoms with Gasteiger partial charge in [0.25, 0.3) is 5.56 Å². The molecular formula is C25H27FN6O. The minimum absolute atomic E-state index is 0.127. The molecule has 5 rings (SSSR count). The van der Waals surface area contributed by atoms with Gasteiger partial charge in [-0.15, -0.1) is 5.10 Å². The van der Waals surface area contributed by atoms with E-state index in [-0.39, 0.29) is 17.4 Å². The van der Waals surface area contributed by atoms with Crippen molar-refractivity contribution < 1.29 is 4.39 Å². The second-order valence-electron chi connectivity index (χ2n) is 8.90. The number of halogens is 1. The molecule has 1 saturated heterocycles. The summed E-state index contributed by atoms with van der Waals surface area (Å²) in [6, 6.07) is 12.1. The molecule has 8 heteroatoms. The maximum atomic E-state index is 13.4. The van der Waals surface area contributed by atoms with Crippen LogP contribution in [0.5, 0.6) is 0 Å². The maximum Gasteiger partial charge on any atom is 0.253 e. The van der Waals surface area contributed by atoms with Crippen molar-refractivity contribution >= 4 is 10.9 Å². The molecule has 170 valence electrons. The Hall–Kier alpha value is -3.39. The first-order valence-electron chi connectivity index (χ1n) is 11.4. The molecule has 0 spiro atoms. The fourth-order valence-corrected chi connectivity index (χ4v) is 4.66. The predicted molar refractivity (Wildman–Crippen MR) is 125 cm³/mol. The second kappa shape index (κ2) is 8.86. The quantitative estimate of drug-likeness (QED) is 0.503. The van der Waals surface area contributed by atoms with Crippen LogP contribution >= 0.6 is 0 Å². The molecule has 0 bridgehead atoms. The van der Waals surface area contributed by atoms with Crippen LogP contribution in [-0.4, -0.2) is 43.2 Å². The summed E-state index contributed by atoms with van der Waals surface area (Å²) >= 11 is 0. The molecule has 1 atom stereocenters. The molecule has 2 aromatic heterocycles. The molecule has 7 nitrogen and oxygen atoms in total. The molecule has 0 amide bonds. The van der Waals surface area contributed by atoms with Gasteiger partial charge in [-0.05, 0) is 103 Å². The van der Waals surface area contributed by atoms with Crippen molar-refractivity contribution in [2.24, 2.45) is 0 Å². The third-order valence-corrected chi connectivity index (χ3v) is 6.59. The topological polar surface area (TPSA) is 79.7 Å². The fraction of sp³-hybridized carbons (Fsp3) is 0.360. The van der Waals surface area contributed by atoms with Crippen LogP contribution in [0.15, 0.2) is 47.3 Å². The van der Waals surface area contributed by atoms with Crippen molar-refractivity contribution in [1.29, 1.82) is 0 Å². The van der Waals surface area contributed by atoms with Crippen LogP contribution < -0.4 is 5.56 Å². The van der Waals surface area contributed by atoms with Crippen molar-refractivity contribution in [3.05, 3.63) is 86.7 Å². The number of benzene rings is 2. The number of tetrazole rings is 1. The summed E-state index contributed by atoms with van der Waals surface area (Å²) in [4.78, 5) is 18.7. The molecule has 1 aliphatic rings. The van der Waals surface area contributed by atoms with E-state index in [4.69, 9.17) is 0 Å². The first-order valence-corrected chi connectivity index (χ1v) is 11.4. The van der Waals surface area contributed by atoms with Crippen molar-refractivity contribution in [3.63, 3.8) is 0 Å². The Bertz CT molecular complexity index is 1340. The number of piperidine rings is 1. The molecule has 0 saturated carbocycles. The number of hydrogen-bond donors (Lipinski definition) is 1. The van der Waals surface area contributed by atoms with Crippen LogP contribution in [0.1, 0.15) is 53.4 Å². The number of aryl methyl sites for hydroxylation is 2. The van der Waals surface area contributed by atoms with Crippen LogP contribution in [0.4, 0.5) is 4.39 Å². The van der Waals surface area contributed by atoms with E-state index in [1.165, 1.54) is 24.1 Å². The van der Waals surface area contributed by atoms with Crippen LogP contribution in [-0.2, 0) is 6.54 Å². The number of rotatable bonds is 5. The second-order valence-corrected chi connectivity index (χ2v) is 8.90. The number of H-pyrrole nitrogens is 1. The van der Waals surface area contributed by atoms with E-state index >= 15 is 0 Å². The average molecular weight is 447 g/mol. The Kier molecular flexibility index (Phi) is 5.76. The van der Waals surface area contributed by atoms with Gasteiger partial charge >= 0.3 is 0 Å². The zero-order chi connectivity index (χ0) is 22.9. The third-order valence-electron chi connectivity index (χ3n) is 6.59. The number of pyridine rings is 1. The Balaban J connectivity index is 1.62. The van der Waals surface area contributed by atoms with Gasteiger partial charge in [-0.1, -0.05) is 18.6 Å².